The fraction of sp³-hybridized carbons (Fsp3) is 0.182. The van der Waals surface area contributed by atoms with Crippen molar-refractivity contribution in [1.29, 1.82) is 0 Å². The van der Waals surface area contributed by atoms with Gasteiger partial charge in [-0.1, -0.05) is 11.6 Å². The third kappa shape index (κ3) is 2.19. The van der Waals surface area contributed by atoms with E-state index in [0.29, 0.717) is 6.54 Å². The number of nitrogens with one attached hydrogen (secondary N) is 1. The van der Waals surface area contributed by atoms with E-state index in [0.717, 1.165) is 5.82 Å². The SMILES string of the molecule is Cn1ccnc1CNc1c(N)cc(N)c(Cl)c1F. The van der Waals surface area contributed by atoms with E-state index < -0.39 is 5.82 Å². The maximum Gasteiger partial charge on any atom is 0.169 e. The molecular weight excluding hydrogens is 257 g/mol. The van der Waals surface area contributed by atoms with Gasteiger partial charge in [-0.2, -0.15) is 0 Å². The van der Waals surface area contributed by atoms with Crippen molar-refractivity contribution < 1.29 is 4.39 Å². The smallest absolute Gasteiger partial charge is 0.169 e. The second kappa shape index (κ2) is 4.73. The van der Waals surface area contributed by atoms with Crippen LogP contribution < -0.4 is 16.8 Å². The molecule has 1 aromatic carbocycles. The summed E-state index contributed by atoms with van der Waals surface area (Å²) in [5.41, 5.74) is 11.7. The maximum atomic E-state index is 13.9. The van der Waals surface area contributed by atoms with E-state index in [4.69, 9.17) is 23.1 Å². The molecule has 5 N–H and O–H groups in total. The molecule has 0 aliphatic rings. The minimum absolute atomic E-state index is 0.120. The number of nitrogens with two attached hydrogens (primary N) is 2. The molecule has 5 nitrogen and oxygen atoms in total. The van der Waals surface area contributed by atoms with Crippen LogP contribution in [-0.2, 0) is 13.6 Å². The van der Waals surface area contributed by atoms with Gasteiger partial charge in [-0.05, 0) is 6.07 Å². The average Bonchev–Trinajstić information content (AvgIpc) is 2.72. The number of hydrogen-bond acceptors (Lipinski definition) is 4. The predicted molar refractivity (Wildman–Crippen MR) is 70.8 cm³/mol. The van der Waals surface area contributed by atoms with Crippen molar-refractivity contribution in [2.75, 3.05) is 16.8 Å². The summed E-state index contributed by atoms with van der Waals surface area (Å²) in [6.45, 7) is 0.338. The van der Waals surface area contributed by atoms with Crippen molar-refractivity contribution in [3.63, 3.8) is 0 Å². The van der Waals surface area contributed by atoms with Crippen molar-refractivity contribution in [2.45, 2.75) is 6.54 Å². The second-order valence-corrected chi connectivity index (χ2v) is 4.24. The van der Waals surface area contributed by atoms with E-state index >= 15 is 0 Å². The minimum atomic E-state index is -0.650. The molecule has 0 fully saturated rings. The van der Waals surface area contributed by atoms with Crippen LogP contribution in [-0.4, -0.2) is 9.55 Å². The van der Waals surface area contributed by atoms with Gasteiger partial charge in [-0.3, -0.25) is 0 Å². The molecule has 0 radical (unpaired) electrons. The first-order valence-electron chi connectivity index (χ1n) is 5.23. The molecule has 7 heteroatoms. The summed E-state index contributed by atoms with van der Waals surface area (Å²) in [6.07, 6.45) is 3.46. The van der Waals surface area contributed by atoms with E-state index in [-0.39, 0.29) is 22.1 Å². The van der Waals surface area contributed by atoms with E-state index in [9.17, 15) is 4.39 Å². The number of hydrogen-bond donors (Lipinski definition) is 3. The number of nitrogen functional groups attached to an aromatic ring is 2. The summed E-state index contributed by atoms with van der Waals surface area (Å²) < 4.78 is 15.7. The largest absolute Gasteiger partial charge is 0.397 e. The Kier molecular flexibility index (Phi) is 3.29. The van der Waals surface area contributed by atoms with Gasteiger partial charge in [0.15, 0.2) is 5.82 Å². The van der Waals surface area contributed by atoms with Crippen LogP contribution in [0.25, 0.3) is 0 Å². The molecule has 1 aromatic heterocycles. The number of imidazole rings is 1. The Morgan fingerprint density at radius 1 is 1.44 bits per heavy atom. The molecule has 0 amide bonds. The molecule has 0 saturated carbocycles. The van der Waals surface area contributed by atoms with Crippen LogP contribution in [0.5, 0.6) is 0 Å². The minimum Gasteiger partial charge on any atom is -0.397 e. The lowest BCUT2D eigenvalue weighted by Gasteiger charge is -2.12. The van der Waals surface area contributed by atoms with Crippen molar-refractivity contribution in [3.8, 4) is 0 Å². The number of rotatable bonds is 3. The van der Waals surface area contributed by atoms with E-state index in [1.807, 2.05) is 11.6 Å². The summed E-state index contributed by atoms with van der Waals surface area (Å²) in [7, 11) is 1.85. The zero-order valence-corrected chi connectivity index (χ0v) is 10.5. The van der Waals surface area contributed by atoms with Gasteiger partial charge in [-0.15, -0.1) is 0 Å². The van der Waals surface area contributed by atoms with Gasteiger partial charge in [0, 0.05) is 19.4 Å². The van der Waals surface area contributed by atoms with Gasteiger partial charge in [0.05, 0.1) is 23.6 Å². The standard InChI is InChI=1S/C11H13ClFN5/c1-18-3-2-16-8(18)5-17-11-7(15)4-6(14)9(12)10(11)13/h2-4,17H,5,14-15H2,1H3. The molecule has 0 unspecified atom stereocenters. The summed E-state index contributed by atoms with van der Waals surface area (Å²) in [4.78, 5) is 4.11. The van der Waals surface area contributed by atoms with Crippen LogP contribution in [0.2, 0.25) is 5.02 Å². The molecule has 1 heterocycles. The molecular formula is C11H13ClFN5. The zero-order chi connectivity index (χ0) is 13.3. The quantitative estimate of drug-likeness (QED) is 0.744. The number of aryl methyl sites for hydroxylation is 1. The lowest BCUT2D eigenvalue weighted by molar-refractivity contribution is 0.631. The van der Waals surface area contributed by atoms with Crippen LogP contribution in [0.15, 0.2) is 18.5 Å². The Labute approximate surface area is 109 Å². The molecule has 2 rings (SSSR count). The van der Waals surface area contributed by atoms with Gasteiger partial charge >= 0.3 is 0 Å². The Morgan fingerprint density at radius 2 is 2.17 bits per heavy atom. The number of aromatic nitrogens is 2. The Bertz CT molecular complexity index is 581. The molecule has 2 aromatic rings. The van der Waals surface area contributed by atoms with Crippen LogP contribution >= 0.6 is 11.6 Å². The second-order valence-electron chi connectivity index (χ2n) is 3.87. The molecule has 96 valence electrons. The average molecular weight is 270 g/mol. The highest BCUT2D eigenvalue weighted by atomic mass is 35.5. The monoisotopic (exact) mass is 269 g/mol. The first-order valence-corrected chi connectivity index (χ1v) is 5.61. The first kappa shape index (κ1) is 12.5. The van der Waals surface area contributed by atoms with Crippen LogP contribution in [0.3, 0.4) is 0 Å². The summed E-state index contributed by atoms with van der Waals surface area (Å²) in [5, 5.41) is 2.74. The molecule has 0 aliphatic carbocycles. The lowest BCUT2D eigenvalue weighted by atomic mass is 10.2. The van der Waals surface area contributed by atoms with Crippen molar-refractivity contribution >= 4 is 28.7 Å². The van der Waals surface area contributed by atoms with Crippen LogP contribution in [0, 0.1) is 5.82 Å². The predicted octanol–water partition coefficient (Wildman–Crippen LogP) is 1.99. The molecule has 0 aliphatic heterocycles. The lowest BCUT2D eigenvalue weighted by Crippen LogP contribution is -2.09. The fourth-order valence-electron chi connectivity index (χ4n) is 1.58. The Balaban J connectivity index is 2.25. The Hall–Kier alpha value is -1.95. The highest BCUT2D eigenvalue weighted by Crippen LogP contribution is 2.33. The van der Waals surface area contributed by atoms with Crippen molar-refractivity contribution in [1.82, 2.24) is 9.55 Å². The van der Waals surface area contributed by atoms with E-state index in [2.05, 4.69) is 10.3 Å². The van der Waals surface area contributed by atoms with Crippen LogP contribution in [0.1, 0.15) is 5.82 Å². The topological polar surface area (TPSA) is 81.9 Å². The highest BCUT2D eigenvalue weighted by Gasteiger charge is 2.14. The van der Waals surface area contributed by atoms with Crippen molar-refractivity contribution in [3.05, 3.63) is 35.1 Å². The van der Waals surface area contributed by atoms with Gasteiger partial charge in [0.25, 0.3) is 0 Å². The van der Waals surface area contributed by atoms with E-state index in [1.54, 1.807) is 12.4 Å². The first-order chi connectivity index (χ1) is 8.50. The third-order valence-electron chi connectivity index (χ3n) is 2.61. The molecule has 0 atom stereocenters. The normalized spacial score (nSPS) is 10.6. The van der Waals surface area contributed by atoms with Gasteiger partial charge in [0.1, 0.15) is 10.8 Å². The number of benzene rings is 1. The molecule has 18 heavy (non-hydrogen) atoms. The zero-order valence-electron chi connectivity index (χ0n) is 9.74. The van der Waals surface area contributed by atoms with Gasteiger partial charge < -0.3 is 21.4 Å². The highest BCUT2D eigenvalue weighted by molar-refractivity contribution is 6.33. The number of halogens is 2. The number of nitrogens with zero attached hydrogens (tertiary/aromatic N) is 2. The molecule has 0 spiro atoms. The van der Waals surface area contributed by atoms with Gasteiger partial charge in [-0.25, -0.2) is 9.37 Å². The molecule has 0 bridgehead atoms. The Morgan fingerprint density at radius 3 is 2.78 bits per heavy atom. The maximum absolute atomic E-state index is 13.9. The van der Waals surface area contributed by atoms with Crippen LogP contribution in [0.4, 0.5) is 21.5 Å². The fourth-order valence-corrected chi connectivity index (χ4v) is 1.73. The summed E-state index contributed by atoms with van der Waals surface area (Å²) in [6, 6.07) is 1.42. The van der Waals surface area contributed by atoms with Gasteiger partial charge in [0.2, 0.25) is 0 Å². The summed E-state index contributed by atoms with van der Waals surface area (Å²) in [5.74, 6) is 0.102. The molecule has 0 saturated heterocycles. The van der Waals surface area contributed by atoms with Crippen molar-refractivity contribution in [2.24, 2.45) is 7.05 Å². The number of anilines is 3. The third-order valence-corrected chi connectivity index (χ3v) is 2.99. The van der Waals surface area contributed by atoms with E-state index in [1.165, 1.54) is 6.07 Å². The summed E-state index contributed by atoms with van der Waals surface area (Å²) >= 11 is 5.73.